The van der Waals surface area contributed by atoms with Crippen molar-refractivity contribution in [1.29, 1.82) is 0 Å². The Morgan fingerprint density at radius 2 is 1.64 bits per heavy atom. The van der Waals surface area contributed by atoms with Gasteiger partial charge in [-0.3, -0.25) is 9.69 Å². The molecule has 2 aromatic carbocycles. The van der Waals surface area contributed by atoms with Crippen molar-refractivity contribution in [2.45, 2.75) is 25.3 Å². The summed E-state index contributed by atoms with van der Waals surface area (Å²) >= 11 is 3.42. The summed E-state index contributed by atoms with van der Waals surface area (Å²) in [5, 5.41) is 0. The molecule has 1 atom stereocenters. The van der Waals surface area contributed by atoms with Crippen molar-refractivity contribution in [2.24, 2.45) is 0 Å². The van der Waals surface area contributed by atoms with Crippen LogP contribution in [0.3, 0.4) is 0 Å². The lowest BCUT2D eigenvalue weighted by atomic mass is 9.80. The lowest BCUT2D eigenvalue weighted by Gasteiger charge is -2.38. The van der Waals surface area contributed by atoms with Crippen molar-refractivity contribution in [3.05, 3.63) is 70.2 Å². The number of carbonyl (C=O) groups excluding carboxylic acids is 1. The molecular weight excluding hydrogens is 338 g/mol. The predicted molar refractivity (Wildman–Crippen MR) is 95.3 cm³/mol. The first-order valence-corrected chi connectivity index (χ1v) is 8.30. The van der Waals surface area contributed by atoms with Crippen molar-refractivity contribution < 1.29 is 4.79 Å². The zero-order valence-corrected chi connectivity index (χ0v) is 14.9. The quantitative estimate of drug-likeness (QED) is 0.703. The molecule has 0 aliphatic rings. The summed E-state index contributed by atoms with van der Waals surface area (Å²) < 4.78 is 0.985. The Balaban J connectivity index is 2.40. The Hall–Kier alpha value is -1.45. The number of nitrogens with zero attached hydrogens (tertiary/aromatic N) is 1. The maximum absolute atomic E-state index is 13.2. The molecule has 116 valence electrons. The average Bonchev–Trinajstić information content (AvgIpc) is 2.53. The number of likely N-dealkylation sites (N-methyl/N-ethyl adjacent to an activating group) is 1. The van der Waals surface area contributed by atoms with Crippen LogP contribution in [-0.2, 0) is 6.42 Å². The minimum absolute atomic E-state index is 0.177. The van der Waals surface area contributed by atoms with Gasteiger partial charge in [0.2, 0.25) is 0 Å². The van der Waals surface area contributed by atoms with Gasteiger partial charge in [0.15, 0.2) is 5.78 Å². The van der Waals surface area contributed by atoms with E-state index in [2.05, 4.69) is 39.9 Å². The molecule has 0 heterocycles. The minimum atomic E-state index is -0.519. The Kier molecular flexibility index (Phi) is 5.54. The maximum atomic E-state index is 13.2. The summed E-state index contributed by atoms with van der Waals surface area (Å²) in [6, 6.07) is 17.9. The van der Waals surface area contributed by atoms with Crippen LogP contribution in [0.15, 0.2) is 59.1 Å². The van der Waals surface area contributed by atoms with Crippen LogP contribution in [0.25, 0.3) is 0 Å². The highest BCUT2D eigenvalue weighted by Crippen LogP contribution is 2.28. The molecule has 0 saturated carbocycles. The molecule has 1 unspecified atom stereocenters. The number of Topliss-reactive ketones (excluding diaryl/α,β-unsaturated/α-hetero) is 1. The SMILES string of the molecule is CCC(Cc1ccccc1)(C(=O)c1ccc(Br)cc1)N(C)C. The normalized spacial score (nSPS) is 13.9. The topological polar surface area (TPSA) is 20.3 Å². The number of rotatable bonds is 6. The molecule has 0 aliphatic carbocycles. The third-order valence-electron chi connectivity index (χ3n) is 4.31. The van der Waals surface area contributed by atoms with Gasteiger partial charge in [-0.05, 0) is 44.6 Å². The summed E-state index contributed by atoms with van der Waals surface area (Å²) in [6.07, 6.45) is 1.48. The molecule has 0 amide bonds. The van der Waals surface area contributed by atoms with Crippen molar-refractivity contribution in [3.63, 3.8) is 0 Å². The molecule has 0 radical (unpaired) electrons. The predicted octanol–water partition coefficient (Wildman–Crippen LogP) is 4.58. The Labute approximate surface area is 141 Å². The lowest BCUT2D eigenvalue weighted by Crippen LogP contribution is -2.52. The van der Waals surface area contributed by atoms with Gasteiger partial charge in [0.05, 0.1) is 5.54 Å². The summed E-state index contributed by atoms with van der Waals surface area (Å²) in [5.74, 6) is 0.177. The van der Waals surface area contributed by atoms with Gasteiger partial charge < -0.3 is 0 Å². The highest BCUT2D eigenvalue weighted by Gasteiger charge is 2.39. The zero-order valence-electron chi connectivity index (χ0n) is 13.3. The first-order chi connectivity index (χ1) is 10.5. The summed E-state index contributed by atoms with van der Waals surface area (Å²) in [6.45, 7) is 2.08. The molecule has 0 bridgehead atoms. The van der Waals surface area contributed by atoms with Crippen LogP contribution in [-0.4, -0.2) is 30.3 Å². The highest BCUT2D eigenvalue weighted by molar-refractivity contribution is 9.10. The van der Waals surface area contributed by atoms with E-state index in [1.807, 2.05) is 56.6 Å². The van der Waals surface area contributed by atoms with Gasteiger partial charge in [0.1, 0.15) is 0 Å². The molecule has 2 nitrogen and oxygen atoms in total. The van der Waals surface area contributed by atoms with E-state index < -0.39 is 5.54 Å². The first kappa shape index (κ1) is 16.9. The smallest absolute Gasteiger partial charge is 0.183 e. The van der Waals surface area contributed by atoms with E-state index in [1.54, 1.807) is 0 Å². The molecule has 2 aromatic rings. The third kappa shape index (κ3) is 3.47. The van der Waals surface area contributed by atoms with Crippen LogP contribution in [0.5, 0.6) is 0 Å². The number of hydrogen-bond acceptors (Lipinski definition) is 2. The second kappa shape index (κ2) is 7.21. The van der Waals surface area contributed by atoms with Crippen LogP contribution >= 0.6 is 15.9 Å². The molecule has 0 aliphatic heterocycles. The van der Waals surface area contributed by atoms with Gasteiger partial charge in [-0.1, -0.05) is 65.3 Å². The van der Waals surface area contributed by atoms with Gasteiger partial charge in [-0.15, -0.1) is 0 Å². The standard InChI is InChI=1S/C19H22BrNO/c1-4-19(21(2)3,14-15-8-6-5-7-9-15)18(22)16-10-12-17(20)13-11-16/h5-13H,4,14H2,1-3H3. The van der Waals surface area contributed by atoms with E-state index in [0.717, 1.165) is 16.5 Å². The Morgan fingerprint density at radius 1 is 1.05 bits per heavy atom. The fraction of sp³-hybridized carbons (Fsp3) is 0.316. The largest absolute Gasteiger partial charge is 0.297 e. The average molecular weight is 360 g/mol. The third-order valence-corrected chi connectivity index (χ3v) is 4.84. The van der Waals surface area contributed by atoms with E-state index in [0.29, 0.717) is 6.42 Å². The van der Waals surface area contributed by atoms with Crippen LogP contribution in [0, 0.1) is 0 Å². The fourth-order valence-corrected chi connectivity index (χ4v) is 3.11. The minimum Gasteiger partial charge on any atom is -0.297 e. The zero-order chi connectivity index (χ0) is 16.2. The number of ketones is 1. The highest BCUT2D eigenvalue weighted by atomic mass is 79.9. The van der Waals surface area contributed by atoms with Crippen LogP contribution in [0.4, 0.5) is 0 Å². The molecule has 0 fully saturated rings. The molecule has 0 aromatic heterocycles. The van der Waals surface area contributed by atoms with Gasteiger partial charge in [-0.25, -0.2) is 0 Å². The van der Waals surface area contributed by atoms with Gasteiger partial charge in [0, 0.05) is 10.0 Å². The van der Waals surface area contributed by atoms with Crippen molar-refractivity contribution in [2.75, 3.05) is 14.1 Å². The maximum Gasteiger partial charge on any atom is 0.183 e. The summed E-state index contributed by atoms with van der Waals surface area (Å²) in [5.41, 5.74) is 1.42. The first-order valence-electron chi connectivity index (χ1n) is 7.51. The van der Waals surface area contributed by atoms with Gasteiger partial charge >= 0.3 is 0 Å². The van der Waals surface area contributed by atoms with E-state index >= 15 is 0 Å². The molecule has 22 heavy (non-hydrogen) atoms. The summed E-state index contributed by atoms with van der Waals surface area (Å²) in [7, 11) is 3.98. The van der Waals surface area contributed by atoms with Gasteiger partial charge in [0.25, 0.3) is 0 Å². The molecule has 0 N–H and O–H groups in total. The van der Waals surface area contributed by atoms with E-state index in [1.165, 1.54) is 5.56 Å². The molecule has 0 spiro atoms. The van der Waals surface area contributed by atoms with Crippen LogP contribution < -0.4 is 0 Å². The molecule has 0 saturated heterocycles. The second-order valence-corrected chi connectivity index (χ2v) is 6.69. The van der Waals surface area contributed by atoms with Crippen LogP contribution in [0.1, 0.15) is 29.3 Å². The lowest BCUT2D eigenvalue weighted by molar-refractivity contribution is 0.0666. The van der Waals surface area contributed by atoms with E-state index in [-0.39, 0.29) is 5.78 Å². The molecule has 3 heteroatoms. The fourth-order valence-electron chi connectivity index (χ4n) is 2.85. The van der Waals surface area contributed by atoms with Crippen molar-refractivity contribution in [1.82, 2.24) is 4.90 Å². The molecular formula is C19H22BrNO. The summed E-state index contributed by atoms with van der Waals surface area (Å²) in [4.78, 5) is 15.3. The second-order valence-electron chi connectivity index (χ2n) is 5.78. The number of benzene rings is 2. The Bertz CT molecular complexity index is 622. The van der Waals surface area contributed by atoms with E-state index in [9.17, 15) is 4.79 Å². The van der Waals surface area contributed by atoms with Crippen molar-refractivity contribution >= 4 is 21.7 Å². The number of halogens is 1. The van der Waals surface area contributed by atoms with E-state index in [4.69, 9.17) is 0 Å². The van der Waals surface area contributed by atoms with Crippen molar-refractivity contribution in [3.8, 4) is 0 Å². The Morgan fingerprint density at radius 3 is 2.14 bits per heavy atom. The monoisotopic (exact) mass is 359 g/mol. The van der Waals surface area contributed by atoms with Gasteiger partial charge in [-0.2, -0.15) is 0 Å². The van der Waals surface area contributed by atoms with Crippen LogP contribution in [0.2, 0.25) is 0 Å². The number of hydrogen-bond donors (Lipinski definition) is 0. The molecule has 2 rings (SSSR count). The number of carbonyl (C=O) groups is 1.